The summed E-state index contributed by atoms with van der Waals surface area (Å²) in [6, 6.07) is 0. The zero-order chi connectivity index (χ0) is 9.98. The average molecular weight is 194 g/mol. The van der Waals surface area contributed by atoms with Crippen LogP contribution in [0.1, 0.15) is 29.1 Å². The molecule has 3 N–H and O–H groups in total. The Morgan fingerprint density at radius 2 is 1.69 bits per heavy atom. The fourth-order valence-corrected chi connectivity index (χ4v) is 0.693. The van der Waals surface area contributed by atoms with E-state index in [1.54, 1.807) is 0 Å². The van der Waals surface area contributed by atoms with Crippen molar-refractivity contribution in [1.29, 1.82) is 0 Å². The third-order valence-corrected chi connectivity index (χ3v) is 1.29. The van der Waals surface area contributed by atoms with Crippen LogP contribution in [0.25, 0.3) is 0 Å². The molecule has 0 saturated heterocycles. The predicted molar refractivity (Wildman–Crippen MR) is 63.3 cm³/mol. The van der Waals surface area contributed by atoms with Gasteiger partial charge in [0.15, 0.2) is 0 Å². The molecule has 86 valence electrons. The molecule has 0 spiro atoms. The Kier molecular flexibility index (Phi) is 20.6. The maximum atomic E-state index is 3.37. The first-order valence-electron chi connectivity index (χ1n) is 4.98. The molecule has 0 rings (SSSR count). The molecule has 0 aromatic carbocycles. The zero-order valence-electron chi connectivity index (χ0n) is 10.1. The van der Waals surface area contributed by atoms with Crippen molar-refractivity contribution in [1.82, 2.24) is 10.2 Å². The van der Waals surface area contributed by atoms with Crippen LogP contribution in [0.4, 0.5) is 0 Å². The summed E-state index contributed by atoms with van der Waals surface area (Å²) in [5.41, 5.74) is 0. The number of nitrogens with zero attached hydrogens (tertiary/aromatic N) is 1. The first kappa shape index (κ1) is 18.6. The minimum absolute atomic E-state index is 0. The van der Waals surface area contributed by atoms with E-state index in [1.807, 2.05) is 13.8 Å². The maximum absolute atomic E-state index is 3.37. The number of hydrogen-bond donors (Lipinski definition) is 1. The highest BCUT2D eigenvalue weighted by Gasteiger charge is 1.92. The van der Waals surface area contributed by atoms with Gasteiger partial charge in [0.05, 0.1) is 0 Å². The third-order valence-electron chi connectivity index (χ3n) is 1.29. The Hall–Kier alpha value is -0.120. The second-order valence-corrected chi connectivity index (χ2v) is 3.40. The molecule has 0 heterocycles. The van der Waals surface area contributed by atoms with E-state index in [0.29, 0.717) is 0 Å². The number of likely N-dealkylation sites (N-methyl/N-ethyl adjacent to an activating group) is 1. The molecule has 0 aromatic heterocycles. The molecule has 0 aliphatic rings. The van der Waals surface area contributed by atoms with Crippen LogP contribution in [0.2, 0.25) is 0 Å². The van der Waals surface area contributed by atoms with Gasteiger partial charge in [-0.1, -0.05) is 27.7 Å². The monoisotopic (exact) mass is 194 g/mol. The molecule has 3 nitrogen and oxygen atoms in total. The summed E-state index contributed by atoms with van der Waals surface area (Å²) in [5, 5.41) is 3.37. The van der Waals surface area contributed by atoms with Crippen molar-refractivity contribution in [3.63, 3.8) is 0 Å². The molecule has 0 aliphatic carbocycles. The largest absolute Gasteiger partial charge is 0.412 e. The molecule has 3 heteroatoms. The lowest BCUT2D eigenvalue weighted by Gasteiger charge is -2.11. The van der Waals surface area contributed by atoms with Gasteiger partial charge in [-0.3, -0.25) is 0 Å². The number of rotatable bonds is 5. The van der Waals surface area contributed by atoms with E-state index in [4.69, 9.17) is 0 Å². The first-order valence-corrected chi connectivity index (χ1v) is 4.98. The fraction of sp³-hybridized carbons (Fsp3) is 1.00. The van der Waals surface area contributed by atoms with Gasteiger partial charge in [0.25, 0.3) is 0 Å². The van der Waals surface area contributed by atoms with Crippen LogP contribution in [-0.4, -0.2) is 44.1 Å². The van der Waals surface area contributed by atoms with Gasteiger partial charge in [0, 0.05) is 14.5 Å². The Balaban J connectivity index is -0.000000117. The van der Waals surface area contributed by atoms with E-state index in [-0.39, 0.29) is 6.90 Å². The van der Waals surface area contributed by atoms with Crippen LogP contribution in [0.3, 0.4) is 0 Å². The minimum Gasteiger partial charge on any atom is -0.412 e. The quantitative estimate of drug-likeness (QED) is 0.669. The van der Waals surface area contributed by atoms with Gasteiger partial charge in [-0.25, -0.2) is 0 Å². The lowest BCUT2D eigenvalue weighted by molar-refractivity contribution is 0.393. The molecule has 0 amide bonds. The Morgan fingerprint density at radius 1 is 1.23 bits per heavy atom. The molecule has 0 unspecified atom stereocenters. The summed E-state index contributed by atoms with van der Waals surface area (Å²) in [6.45, 7) is 11.8. The first-order chi connectivity index (χ1) is 5.63. The standard InChI is InChI=1S/C8H20N2.C2H6.H2O.H2/c1-8(2)7-9-5-6-10(3)4;1-2;;/h8-9H,5-7H2,1-4H3;1-2H3;1H2;1H. The summed E-state index contributed by atoms with van der Waals surface area (Å²) >= 11 is 0. The fourth-order valence-electron chi connectivity index (χ4n) is 0.693. The second kappa shape index (κ2) is 14.4. The molecule has 0 atom stereocenters. The van der Waals surface area contributed by atoms with Gasteiger partial charge in [0.2, 0.25) is 0 Å². The van der Waals surface area contributed by atoms with Gasteiger partial charge in [-0.2, -0.15) is 0 Å². The van der Waals surface area contributed by atoms with Crippen LogP contribution in [0, 0.1) is 5.92 Å². The van der Waals surface area contributed by atoms with Gasteiger partial charge in [0.1, 0.15) is 0 Å². The molecule has 13 heavy (non-hydrogen) atoms. The molecular formula is C10H30N2O. The summed E-state index contributed by atoms with van der Waals surface area (Å²) in [7, 11) is 4.19. The van der Waals surface area contributed by atoms with E-state index in [1.165, 1.54) is 0 Å². The van der Waals surface area contributed by atoms with E-state index >= 15 is 0 Å². The van der Waals surface area contributed by atoms with Crippen LogP contribution in [0.5, 0.6) is 0 Å². The van der Waals surface area contributed by atoms with E-state index in [2.05, 4.69) is 38.2 Å². The van der Waals surface area contributed by atoms with E-state index in [0.717, 1.165) is 25.6 Å². The van der Waals surface area contributed by atoms with Crippen LogP contribution >= 0.6 is 0 Å². The van der Waals surface area contributed by atoms with E-state index in [9.17, 15) is 0 Å². The Labute approximate surface area is 85.3 Å². The molecule has 0 aliphatic heterocycles. The van der Waals surface area contributed by atoms with Gasteiger partial charge >= 0.3 is 0 Å². The Bertz CT molecular complexity index is 70.5. The highest BCUT2D eigenvalue weighted by atomic mass is 16.0. The van der Waals surface area contributed by atoms with Gasteiger partial charge in [-0.15, -0.1) is 0 Å². The molecule has 0 radical (unpaired) electrons. The molecule has 0 aromatic rings. The number of nitrogens with one attached hydrogen (secondary N) is 1. The summed E-state index contributed by atoms with van der Waals surface area (Å²) < 4.78 is 0. The van der Waals surface area contributed by atoms with Gasteiger partial charge in [-0.05, 0) is 26.6 Å². The van der Waals surface area contributed by atoms with Crippen molar-refractivity contribution in [2.45, 2.75) is 27.7 Å². The van der Waals surface area contributed by atoms with Crippen LogP contribution < -0.4 is 5.32 Å². The maximum Gasteiger partial charge on any atom is 0.0101 e. The Morgan fingerprint density at radius 3 is 2.00 bits per heavy atom. The average Bonchev–Trinajstić information content (AvgIpc) is 2.02. The van der Waals surface area contributed by atoms with Crippen molar-refractivity contribution in [3.8, 4) is 0 Å². The van der Waals surface area contributed by atoms with Crippen LogP contribution in [0.15, 0.2) is 0 Å². The predicted octanol–water partition coefficient (Wildman–Crippen LogP) is 1.24. The van der Waals surface area contributed by atoms with Crippen molar-refractivity contribution >= 4 is 0 Å². The SMILES string of the molecule is CC.CC(C)CNCCN(C)C.O.[HH]. The van der Waals surface area contributed by atoms with Crippen molar-refractivity contribution < 1.29 is 6.90 Å². The third kappa shape index (κ3) is 24.5. The summed E-state index contributed by atoms with van der Waals surface area (Å²) in [5.74, 6) is 0.766. The van der Waals surface area contributed by atoms with Crippen molar-refractivity contribution in [3.05, 3.63) is 0 Å². The molecule has 0 fully saturated rings. The molecular weight excluding hydrogens is 164 g/mol. The second-order valence-electron chi connectivity index (χ2n) is 3.40. The smallest absolute Gasteiger partial charge is 0.0101 e. The lowest BCUT2D eigenvalue weighted by Crippen LogP contribution is -2.28. The van der Waals surface area contributed by atoms with Crippen molar-refractivity contribution in [2.24, 2.45) is 5.92 Å². The summed E-state index contributed by atoms with van der Waals surface area (Å²) in [6.07, 6.45) is 0. The van der Waals surface area contributed by atoms with Crippen LogP contribution in [-0.2, 0) is 0 Å². The zero-order valence-corrected chi connectivity index (χ0v) is 10.1. The topological polar surface area (TPSA) is 46.8 Å². The highest BCUT2D eigenvalue weighted by molar-refractivity contribution is 4.52. The molecule has 0 saturated carbocycles. The normalized spacial score (nSPS) is 9.23. The lowest BCUT2D eigenvalue weighted by atomic mass is 10.2. The summed E-state index contributed by atoms with van der Waals surface area (Å²) in [4.78, 5) is 2.19. The minimum atomic E-state index is 0. The van der Waals surface area contributed by atoms with Crippen molar-refractivity contribution in [2.75, 3.05) is 33.7 Å². The highest BCUT2D eigenvalue weighted by Crippen LogP contribution is 1.85. The van der Waals surface area contributed by atoms with Gasteiger partial charge < -0.3 is 15.7 Å². The van der Waals surface area contributed by atoms with E-state index < -0.39 is 0 Å². The number of hydrogen-bond acceptors (Lipinski definition) is 2. The molecule has 0 bridgehead atoms.